The molecule has 0 amide bonds. The predicted molar refractivity (Wildman–Crippen MR) is 231 cm³/mol. The second-order valence-corrected chi connectivity index (χ2v) is 16.5. The molecule has 2 fully saturated rings. The summed E-state index contributed by atoms with van der Waals surface area (Å²) in [7, 11) is 0. The van der Waals surface area contributed by atoms with Crippen molar-refractivity contribution in [1.29, 1.82) is 0 Å². The van der Waals surface area contributed by atoms with Crippen LogP contribution in [0.15, 0.2) is 158 Å². The van der Waals surface area contributed by atoms with Crippen LogP contribution >= 0.6 is 0 Å². The van der Waals surface area contributed by atoms with Crippen molar-refractivity contribution in [3.8, 4) is 17.2 Å². The maximum absolute atomic E-state index is 7.07. The third-order valence-electron chi connectivity index (χ3n) is 12.7. The summed E-state index contributed by atoms with van der Waals surface area (Å²) >= 11 is 0. The maximum atomic E-state index is 7.07. The highest BCUT2D eigenvalue weighted by Crippen LogP contribution is 2.56. The quantitative estimate of drug-likeness (QED) is 0.163. The molecule has 2 saturated carbocycles. The molecular formula is C52H48N2O. The van der Waals surface area contributed by atoms with Gasteiger partial charge in [0.05, 0.1) is 11.0 Å². The van der Waals surface area contributed by atoms with Crippen LogP contribution in [0.5, 0.6) is 11.5 Å². The number of para-hydroxylation sites is 3. The first-order chi connectivity index (χ1) is 27.0. The number of rotatable bonds is 7. The Morgan fingerprint density at radius 1 is 0.509 bits per heavy atom. The molecule has 0 saturated heterocycles. The molecule has 2 aliphatic rings. The van der Waals surface area contributed by atoms with Crippen LogP contribution in [-0.2, 0) is 0 Å². The van der Waals surface area contributed by atoms with Gasteiger partial charge >= 0.3 is 0 Å². The number of nitrogens with zero attached hydrogens (tertiary/aromatic N) is 2. The number of aromatic nitrogens is 1. The number of hydrogen-bond donors (Lipinski definition) is 0. The highest BCUT2D eigenvalue weighted by Gasteiger charge is 2.43. The molecule has 0 unspecified atom stereocenters. The molecule has 0 aliphatic heterocycles. The van der Waals surface area contributed by atoms with Crippen molar-refractivity contribution in [2.24, 2.45) is 23.7 Å². The minimum Gasteiger partial charge on any atom is -0.457 e. The first-order valence-corrected chi connectivity index (χ1v) is 20.2. The van der Waals surface area contributed by atoms with E-state index in [9.17, 15) is 0 Å². The highest BCUT2D eigenvalue weighted by molar-refractivity contribution is 6.09. The third-order valence-corrected chi connectivity index (χ3v) is 12.7. The lowest BCUT2D eigenvalue weighted by atomic mass is 9.57. The number of benzene rings is 7. The molecule has 8 aromatic rings. The molecular weight excluding hydrogens is 669 g/mol. The van der Waals surface area contributed by atoms with Gasteiger partial charge in [0, 0.05) is 39.6 Å². The number of aryl methyl sites for hydroxylation is 1. The van der Waals surface area contributed by atoms with Crippen LogP contribution in [0.3, 0.4) is 0 Å². The lowest BCUT2D eigenvalue weighted by Crippen LogP contribution is -2.37. The largest absolute Gasteiger partial charge is 0.457 e. The molecule has 0 atom stereocenters. The summed E-state index contributed by atoms with van der Waals surface area (Å²) < 4.78 is 9.45. The Hall–Kier alpha value is -5.80. The van der Waals surface area contributed by atoms with Crippen molar-refractivity contribution in [3.63, 3.8) is 0 Å². The van der Waals surface area contributed by atoms with Crippen LogP contribution in [0, 0.1) is 30.6 Å². The number of anilines is 3. The standard InChI is InChI=1S/C52H48N2O/c1-34-28-39-30-35(2)31-40(29-34)52(39)47-27-26-44(33-51(47)55-50-19-11-4-12-36(50)3)53(43-21-20-37-13-5-6-14-38(37)32-43)41-22-24-42(25-23-41)54-48-17-9-7-15-45(48)46-16-8-10-18-49(46)54/h4-27,32-35,39-40,52H,28-31H2,1-3H3/t34-,35+,39+,40-,52?. The fourth-order valence-electron chi connectivity index (χ4n) is 10.5. The molecule has 7 aromatic carbocycles. The highest BCUT2D eigenvalue weighted by atomic mass is 16.5. The number of ether oxygens (including phenoxy) is 1. The lowest BCUT2D eigenvalue weighted by Gasteiger charge is -2.48. The molecule has 0 N–H and O–H groups in total. The van der Waals surface area contributed by atoms with E-state index in [1.165, 1.54) is 63.8 Å². The van der Waals surface area contributed by atoms with Crippen LogP contribution in [-0.4, -0.2) is 4.57 Å². The molecule has 272 valence electrons. The van der Waals surface area contributed by atoms with Gasteiger partial charge in [-0.15, -0.1) is 0 Å². The van der Waals surface area contributed by atoms with Crippen molar-refractivity contribution >= 4 is 49.6 Å². The van der Waals surface area contributed by atoms with E-state index in [0.717, 1.165) is 51.6 Å². The van der Waals surface area contributed by atoms with Gasteiger partial charge < -0.3 is 14.2 Å². The summed E-state index contributed by atoms with van der Waals surface area (Å²) in [4.78, 5) is 2.41. The predicted octanol–water partition coefficient (Wildman–Crippen LogP) is 14.7. The lowest BCUT2D eigenvalue weighted by molar-refractivity contribution is 0.0784. The monoisotopic (exact) mass is 716 g/mol. The van der Waals surface area contributed by atoms with E-state index in [0.29, 0.717) is 17.8 Å². The minimum atomic E-state index is 0.514. The Bertz CT molecular complexity index is 2590. The van der Waals surface area contributed by atoms with Gasteiger partial charge in [0.15, 0.2) is 0 Å². The zero-order valence-corrected chi connectivity index (χ0v) is 32.0. The Kier molecular flexibility index (Phi) is 8.47. The first kappa shape index (κ1) is 33.7. The second kappa shape index (κ2) is 13.8. The van der Waals surface area contributed by atoms with Crippen LogP contribution in [0.2, 0.25) is 0 Å². The normalized spacial score (nSPS) is 20.9. The smallest absolute Gasteiger partial charge is 0.133 e. The van der Waals surface area contributed by atoms with E-state index >= 15 is 0 Å². The van der Waals surface area contributed by atoms with Gasteiger partial charge in [-0.05, 0) is 145 Å². The fraction of sp³-hybridized carbons (Fsp3) is 0.231. The topological polar surface area (TPSA) is 17.4 Å². The van der Waals surface area contributed by atoms with Gasteiger partial charge in [0.25, 0.3) is 0 Å². The minimum absolute atomic E-state index is 0.514. The average Bonchev–Trinajstić information content (AvgIpc) is 3.53. The van der Waals surface area contributed by atoms with Crippen LogP contribution in [0.1, 0.15) is 56.6 Å². The van der Waals surface area contributed by atoms with Gasteiger partial charge in [-0.3, -0.25) is 0 Å². The van der Waals surface area contributed by atoms with Crippen LogP contribution < -0.4 is 9.64 Å². The van der Waals surface area contributed by atoms with Gasteiger partial charge in [0.1, 0.15) is 11.5 Å². The van der Waals surface area contributed by atoms with Gasteiger partial charge in [-0.2, -0.15) is 0 Å². The number of hydrogen-bond acceptors (Lipinski definition) is 2. The van der Waals surface area contributed by atoms with E-state index in [1.807, 2.05) is 0 Å². The van der Waals surface area contributed by atoms with Crippen LogP contribution in [0.25, 0.3) is 38.3 Å². The van der Waals surface area contributed by atoms with Crippen LogP contribution in [0.4, 0.5) is 17.1 Å². The zero-order chi connectivity index (χ0) is 37.0. The molecule has 0 radical (unpaired) electrons. The molecule has 10 rings (SSSR count). The van der Waals surface area contributed by atoms with Crippen molar-refractivity contribution in [1.82, 2.24) is 4.57 Å². The first-order valence-electron chi connectivity index (χ1n) is 20.2. The van der Waals surface area contributed by atoms with E-state index in [2.05, 4.69) is 188 Å². The van der Waals surface area contributed by atoms with Gasteiger partial charge in [-0.25, -0.2) is 0 Å². The molecule has 1 aromatic heterocycles. The van der Waals surface area contributed by atoms with E-state index in [-0.39, 0.29) is 0 Å². The fourth-order valence-corrected chi connectivity index (χ4v) is 10.5. The molecule has 55 heavy (non-hydrogen) atoms. The Labute approximate surface area is 324 Å². The molecule has 2 bridgehead atoms. The summed E-state index contributed by atoms with van der Waals surface area (Å²) in [6.07, 6.45) is 5.22. The Balaban J connectivity index is 1.13. The van der Waals surface area contributed by atoms with Crippen molar-refractivity contribution in [3.05, 3.63) is 169 Å². The Morgan fingerprint density at radius 3 is 1.73 bits per heavy atom. The third kappa shape index (κ3) is 6.07. The van der Waals surface area contributed by atoms with Gasteiger partial charge in [0.2, 0.25) is 0 Å². The molecule has 1 heterocycles. The van der Waals surface area contributed by atoms with E-state index in [4.69, 9.17) is 4.74 Å². The number of fused-ring (bicyclic) bond motifs is 6. The second-order valence-electron chi connectivity index (χ2n) is 16.5. The van der Waals surface area contributed by atoms with Crippen molar-refractivity contribution in [2.75, 3.05) is 4.90 Å². The summed E-state index contributed by atoms with van der Waals surface area (Å²) in [5.74, 6) is 5.38. The molecule has 3 nitrogen and oxygen atoms in total. The molecule has 0 spiro atoms. The van der Waals surface area contributed by atoms with E-state index in [1.54, 1.807) is 0 Å². The van der Waals surface area contributed by atoms with Crippen molar-refractivity contribution in [2.45, 2.75) is 52.4 Å². The summed E-state index contributed by atoms with van der Waals surface area (Å²) in [6.45, 7) is 7.08. The summed E-state index contributed by atoms with van der Waals surface area (Å²) in [5, 5.41) is 5.00. The molecule has 2 aliphatic carbocycles. The van der Waals surface area contributed by atoms with Crippen molar-refractivity contribution < 1.29 is 4.74 Å². The SMILES string of the molecule is Cc1ccccc1Oc1cc(N(c2ccc(-n3c4ccccc4c4ccccc43)cc2)c2ccc3ccccc3c2)ccc1C1[C@H]2C[C@@H](C)C[C@@H]1C[C@@H](C)C2. The average molecular weight is 717 g/mol. The van der Waals surface area contributed by atoms with E-state index < -0.39 is 0 Å². The Morgan fingerprint density at radius 2 is 1.05 bits per heavy atom. The summed E-state index contributed by atoms with van der Waals surface area (Å²) in [6, 6.07) is 57.6. The maximum Gasteiger partial charge on any atom is 0.133 e. The zero-order valence-electron chi connectivity index (χ0n) is 32.0. The summed E-state index contributed by atoms with van der Waals surface area (Å²) in [5.41, 5.74) is 9.42. The van der Waals surface area contributed by atoms with Gasteiger partial charge in [-0.1, -0.05) is 105 Å². The molecule has 3 heteroatoms.